The first kappa shape index (κ1) is 21.2. The van der Waals surface area contributed by atoms with Gasteiger partial charge in [-0.3, -0.25) is 19.3 Å². The van der Waals surface area contributed by atoms with Crippen LogP contribution in [0.25, 0.3) is 0 Å². The highest BCUT2D eigenvalue weighted by Gasteiger charge is 2.79. The molecule has 0 radical (unpaired) electrons. The van der Waals surface area contributed by atoms with Crippen molar-refractivity contribution in [3.05, 3.63) is 47.5 Å². The van der Waals surface area contributed by atoms with Crippen molar-refractivity contribution in [1.82, 2.24) is 4.90 Å². The van der Waals surface area contributed by atoms with E-state index in [0.29, 0.717) is 0 Å². The molecule has 0 aromatic heterocycles. The van der Waals surface area contributed by atoms with Crippen molar-refractivity contribution in [1.29, 1.82) is 0 Å². The van der Waals surface area contributed by atoms with Gasteiger partial charge in [-0.15, -0.1) is 0 Å². The van der Waals surface area contributed by atoms with Crippen LogP contribution in [0.4, 0.5) is 0 Å². The zero-order valence-electron chi connectivity index (χ0n) is 16.7. The first-order chi connectivity index (χ1) is 14.4. The minimum atomic E-state index is -1.95. The Bertz CT molecular complexity index is 917. The van der Waals surface area contributed by atoms with E-state index in [2.05, 4.69) is 0 Å². The molecular weight excluding hydrogens is 394 g/mol. The molecular formula is C21H21NO8. The molecule has 0 bridgehead atoms. The molecule has 0 saturated heterocycles. The van der Waals surface area contributed by atoms with Gasteiger partial charge in [0, 0.05) is 12.0 Å². The van der Waals surface area contributed by atoms with Crippen molar-refractivity contribution in [2.45, 2.75) is 19.4 Å². The quantitative estimate of drug-likeness (QED) is 0.282. The van der Waals surface area contributed by atoms with Gasteiger partial charge >= 0.3 is 17.9 Å². The number of benzene rings is 1. The molecule has 0 spiro atoms. The molecule has 9 nitrogen and oxygen atoms in total. The van der Waals surface area contributed by atoms with Crippen LogP contribution in [-0.4, -0.2) is 60.5 Å². The van der Waals surface area contributed by atoms with Crippen LogP contribution in [0.15, 0.2) is 36.4 Å². The van der Waals surface area contributed by atoms with Crippen LogP contribution in [0.2, 0.25) is 0 Å². The monoisotopic (exact) mass is 415 g/mol. The fraction of sp³-hybridized carbons (Fsp3) is 0.381. The number of nitrogens with zero attached hydrogens (tertiary/aromatic N) is 1. The third-order valence-electron chi connectivity index (χ3n) is 5.18. The summed E-state index contributed by atoms with van der Waals surface area (Å²) in [6.45, 7) is 3.38. The van der Waals surface area contributed by atoms with Gasteiger partial charge in [-0.25, -0.2) is 9.59 Å². The zero-order valence-corrected chi connectivity index (χ0v) is 16.7. The van der Waals surface area contributed by atoms with Crippen LogP contribution in [-0.2, 0) is 28.6 Å². The maximum absolute atomic E-state index is 13.1. The first-order valence-electron chi connectivity index (χ1n) is 9.44. The number of carbonyl (C=O) groups excluding carboxylic acids is 5. The lowest BCUT2D eigenvalue weighted by Gasteiger charge is -2.25. The molecule has 1 aliphatic heterocycles. The van der Waals surface area contributed by atoms with Gasteiger partial charge < -0.3 is 14.2 Å². The Morgan fingerprint density at radius 3 is 2.10 bits per heavy atom. The van der Waals surface area contributed by atoms with E-state index in [0.717, 1.165) is 18.1 Å². The number of hydrogen-bond donors (Lipinski definition) is 0. The van der Waals surface area contributed by atoms with Crippen molar-refractivity contribution in [3.63, 3.8) is 0 Å². The topological polar surface area (TPSA) is 116 Å². The third kappa shape index (κ3) is 3.06. The van der Waals surface area contributed by atoms with Crippen LogP contribution < -0.4 is 0 Å². The molecule has 0 N–H and O–H groups in total. The molecule has 1 fully saturated rings. The third-order valence-corrected chi connectivity index (χ3v) is 5.18. The standard InChI is InChI=1S/C21H21NO8/c1-4-29-15(23)11-10-14-16(19(26)30-5-2)21(14,20(27)28-3)22-17(24)12-8-6-7-9-13(12)18(22)25/h6-11,14,16H,4-5H2,1-3H3/b11-10-/t14-,16+,21-/m1/s1. The van der Waals surface area contributed by atoms with Gasteiger partial charge in [-0.05, 0) is 26.0 Å². The Hall–Kier alpha value is -3.49. The molecule has 3 atom stereocenters. The lowest BCUT2D eigenvalue weighted by Crippen LogP contribution is -2.51. The van der Waals surface area contributed by atoms with Crippen LogP contribution in [0.3, 0.4) is 0 Å². The molecule has 30 heavy (non-hydrogen) atoms. The Kier molecular flexibility index (Phi) is 5.73. The largest absolute Gasteiger partial charge is 0.467 e. The number of methoxy groups -OCH3 is 1. The number of imide groups is 1. The van der Waals surface area contributed by atoms with Gasteiger partial charge in [0.05, 0.1) is 31.5 Å². The molecule has 1 saturated carbocycles. The Labute approximate surface area is 172 Å². The number of esters is 3. The van der Waals surface area contributed by atoms with Crippen LogP contribution in [0.5, 0.6) is 0 Å². The van der Waals surface area contributed by atoms with Crippen LogP contribution in [0.1, 0.15) is 34.6 Å². The summed E-state index contributed by atoms with van der Waals surface area (Å²) in [5.41, 5.74) is -1.71. The van der Waals surface area contributed by atoms with Crippen LogP contribution in [0, 0.1) is 11.8 Å². The van der Waals surface area contributed by atoms with Gasteiger partial charge in [0.15, 0.2) is 5.54 Å². The fourth-order valence-electron chi connectivity index (χ4n) is 3.92. The number of ether oxygens (including phenoxy) is 3. The summed E-state index contributed by atoms with van der Waals surface area (Å²) in [5.74, 6) is -6.07. The second kappa shape index (κ2) is 8.10. The minimum absolute atomic E-state index is 0.0308. The SMILES string of the molecule is CCOC(=O)/C=C\[C@@H]1[C@@H](C(=O)OCC)[C@]1(C(=O)OC)N1C(=O)c2ccccc2C1=O. The molecule has 9 heteroatoms. The van der Waals surface area contributed by atoms with Gasteiger partial charge in [0.2, 0.25) is 0 Å². The number of hydrogen-bond acceptors (Lipinski definition) is 8. The molecule has 2 amide bonds. The number of rotatable bonds is 7. The summed E-state index contributed by atoms with van der Waals surface area (Å²) >= 11 is 0. The highest BCUT2D eigenvalue weighted by molar-refractivity contribution is 6.24. The Morgan fingerprint density at radius 1 is 1.03 bits per heavy atom. The van der Waals surface area contributed by atoms with E-state index in [1.165, 1.54) is 18.2 Å². The summed E-state index contributed by atoms with van der Waals surface area (Å²) < 4.78 is 14.8. The average Bonchev–Trinajstić information content (AvgIpc) is 3.33. The lowest BCUT2D eigenvalue weighted by atomic mass is 10.1. The van der Waals surface area contributed by atoms with E-state index in [1.807, 2.05) is 0 Å². The van der Waals surface area contributed by atoms with Crippen molar-refractivity contribution < 1.29 is 38.2 Å². The number of fused-ring (bicyclic) bond motifs is 1. The van der Waals surface area contributed by atoms with E-state index >= 15 is 0 Å². The van der Waals surface area contributed by atoms with E-state index in [4.69, 9.17) is 14.2 Å². The highest BCUT2D eigenvalue weighted by Crippen LogP contribution is 2.59. The van der Waals surface area contributed by atoms with E-state index in [-0.39, 0.29) is 24.3 Å². The van der Waals surface area contributed by atoms with Crippen LogP contribution >= 0.6 is 0 Å². The summed E-state index contributed by atoms with van der Waals surface area (Å²) in [6, 6.07) is 6.11. The smallest absolute Gasteiger partial charge is 0.333 e. The summed E-state index contributed by atoms with van der Waals surface area (Å²) in [5, 5.41) is 0. The Morgan fingerprint density at radius 2 is 1.60 bits per heavy atom. The molecule has 1 aromatic rings. The minimum Gasteiger partial charge on any atom is -0.467 e. The van der Waals surface area contributed by atoms with E-state index < -0.39 is 47.1 Å². The fourth-order valence-corrected chi connectivity index (χ4v) is 3.92. The average molecular weight is 415 g/mol. The summed E-state index contributed by atoms with van der Waals surface area (Å²) in [4.78, 5) is 64.2. The number of carbonyl (C=O) groups is 5. The molecule has 1 heterocycles. The van der Waals surface area contributed by atoms with Gasteiger partial charge in [0.25, 0.3) is 11.8 Å². The molecule has 2 aliphatic rings. The predicted octanol–water partition coefficient (Wildman–Crippen LogP) is 1.12. The normalized spacial score (nSPS) is 24.6. The van der Waals surface area contributed by atoms with Crippen molar-refractivity contribution >= 4 is 29.7 Å². The van der Waals surface area contributed by atoms with Gasteiger partial charge in [-0.2, -0.15) is 0 Å². The van der Waals surface area contributed by atoms with E-state index in [9.17, 15) is 24.0 Å². The number of amides is 2. The molecule has 158 valence electrons. The first-order valence-corrected chi connectivity index (χ1v) is 9.44. The summed E-state index contributed by atoms with van der Waals surface area (Å²) in [6.07, 6.45) is 2.34. The van der Waals surface area contributed by atoms with Gasteiger partial charge in [0.1, 0.15) is 5.92 Å². The zero-order chi connectivity index (χ0) is 22.1. The molecule has 1 aliphatic carbocycles. The predicted molar refractivity (Wildman–Crippen MR) is 101 cm³/mol. The van der Waals surface area contributed by atoms with Crippen molar-refractivity contribution in [2.75, 3.05) is 20.3 Å². The molecule has 0 unspecified atom stereocenters. The summed E-state index contributed by atoms with van der Waals surface area (Å²) in [7, 11) is 1.09. The van der Waals surface area contributed by atoms with Crippen molar-refractivity contribution in [2.24, 2.45) is 11.8 Å². The van der Waals surface area contributed by atoms with Gasteiger partial charge in [-0.1, -0.05) is 18.2 Å². The maximum atomic E-state index is 13.1. The molecule has 3 rings (SSSR count). The lowest BCUT2D eigenvalue weighted by molar-refractivity contribution is -0.153. The second-order valence-electron chi connectivity index (χ2n) is 6.67. The van der Waals surface area contributed by atoms with E-state index in [1.54, 1.807) is 26.0 Å². The van der Waals surface area contributed by atoms with Crippen molar-refractivity contribution in [3.8, 4) is 0 Å². The maximum Gasteiger partial charge on any atom is 0.333 e. The Balaban J connectivity index is 2.09. The molecule has 1 aromatic carbocycles. The second-order valence-corrected chi connectivity index (χ2v) is 6.67. The highest BCUT2D eigenvalue weighted by atomic mass is 16.5.